The molecule has 2 N–H and O–H groups in total. The molecule has 32 heavy (non-hydrogen) atoms. The molecule has 4 heterocycles. The third-order valence-electron chi connectivity index (χ3n) is 6.38. The predicted molar refractivity (Wildman–Crippen MR) is 129 cm³/mol. The average molecular weight is 433 g/mol. The maximum absolute atomic E-state index is 5.68. The second-order valence-corrected chi connectivity index (χ2v) is 9.00. The smallest absolute Gasteiger partial charge is 0.154 e. The van der Waals surface area contributed by atoms with Crippen molar-refractivity contribution in [1.82, 2.24) is 20.3 Å². The number of aryl methyl sites for hydroxylation is 1. The summed E-state index contributed by atoms with van der Waals surface area (Å²) in [7, 11) is 0. The molecule has 2 aliphatic rings. The van der Waals surface area contributed by atoms with Gasteiger partial charge in [-0.2, -0.15) is 0 Å². The molecule has 2 atom stereocenters. The fourth-order valence-corrected chi connectivity index (χ4v) is 4.62. The van der Waals surface area contributed by atoms with Crippen molar-refractivity contribution in [2.45, 2.75) is 32.8 Å². The highest BCUT2D eigenvalue weighted by Crippen LogP contribution is 2.28. The Bertz CT molecular complexity index is 1060. The lowest BCUT2D eigenvalue weighted by molar-refractivity contribution is 0.0532. The first kappa shape index (κ1) is 21.1. The van der Waals surface area contributed by atoms with Crippen LogP contribution in [-0.4, -0.2) is 60.4 Å². The van der Waals surface area contributed by atoms with E-state index in [0.29, 0.717) is 5.92 Å². The molecule has 0 bridgehead atoms. The Morgan fingerprint density at radius 3 is 2.88 bits per heavy atom. The van der Waals surface area contributed by atoms with Crippen LogP contribution in [0, 0.1) is 12.8 Å². The molecule has 2 fully saturated rings. The van der Waals surface area contributed by atoms with Gasteiger partial charge in [-0.3, -0.25) is 0 Å². The Morgan fingerprint density at radius 2 is 2.09 bits per heavy atom. The van der Waals surface area contributed by atoms with Crippen molar-refractivity contribution in [2.24, 2.45) is 5.92 Å². The number of benzene rings is 1. The van der Waals surface area contributed by atoms with Crippen LogP contribution >= 0.6 is 0 Å². The van der Waals surface area contributed by atoms with Gasteiger partial charge in [0.1, 0.15) is 5.52 Å². The zero-order valence-electron chi connectivity index (χ0n) is 19.0. The van der Waals surface area contributed by atoms with Crippen LogP contribution in [0.1, 0.15) is 25.5 Å². The number of nitrogens with one attached hydrogen (secondary N) is 2. The zero-order valence-corrected chi connectivity index (χ0v) is 19.0. The molecule has 7 nitrogen and oxygen atoms in total. The maximum atomic E-state index is 5.68. The Labute approximate surface area is 189 Å². The highest BCUT2D eigenvalue weighted by Gasteiger charge is 2.18. The molecule has 3 aromatic rings. The number of pyridine rings is 1. The molecule has 168 valence electrons. The Hall–Kier alpha value is -2.77. The van der Waals surface area contributed by atoms with Crippen molar-refractivity contribution in [3.63, 3.8) is 0 Å². The quantitative estimate of drug-likeness (QED) is 0.638. The molecule has 0 amide bonds. The second kappa shape index (κ2) is 9.38. The molecule has 0 saturated carbocycles. The third kappa shape index (κ3) is 4.69. The van der Waals surface area contributed by atoms with Gasteiger partial charge in [-0.1, -0.05) is 12.1 Å². The number of anilines is 2. The van der Waals surface area contributed by atoms with Gasteiger partial charge >= 0.3 is 0 Å². The van der Waals surface area contributed by atoms with Crippen LogP contribution in [0.3, 0.4) is 0 Å². The maximum Gasteiger partial charge on any atom is 0.154 e. The van der Waals surface area contributed by atoms with E-state index in [4.69, 9.17) is 14.7 Å². The van der Waals surface area contributed by atoms with Gasteiger partial charge in [0.15, 0.2) is 5.82 Å². The standard InChI is InChI=1S/C25H32N6O/c1-17-13-27-24-23(29-17)12-22(30-25(24)28-15-19-4-3-9-26-14-19)20-5-7-21(8-6-20)31-10-11-32-18(2)16-31/h5-8,12-13,18-19,26H,3-4,9-11,14-16H2,1-2H3,(H,28,30)/t18?,19-/m1/s1. The van der Waals surface area contributed by atoms with E-state index in [-0.39, 0.29) is 6.10 Å². The molecule has 1 aromatic carbocycles. The Kier molecular flexibility index (Phi) is 6.19. The van der Waals surface area contributed by atoms with Gasteiger partial charge in [-0.05, 0) is 63.9 Å². The van der Waals surface area contributed by atoms with E-state index in [1.165, 1.54) is 18.5 Å². The number of rotatable bonds is 5. The number of morpholine rings is 1. The molecule has 7 heteroatoms. The summed E-state index contributed by atoms with van der Waals surface area (Å²) in [6, 6.07) is 10.7. The van der Waals surface area contributed by atoms with Gasteiger partial charge in [0, 0.05) is 37.1 Å². The first-order valence-electron chi connectivity index (χ1n) is 11.7. The fraction of sp³-hybridized carbons (Fsp3) is 0.480. The van der Waals surface area contributed by atoms with Gasteiger partial charge in [0.2, 0.25) is 0 Å². The van der Waals surface area contributed by atoms with E-state index in [9.17, 15) is 0 Å². The number of aromatic nitrogens is 3. The van der Waals surface area contributed by atoms with Crippen LogP contribution in [0.5, 0.6) is 0 Å². The number of ether oxygens (including phenoxy) is 1. The summed E-state index contributed by atoms with van der Waals surface area (Å²) in [5, 5.41) is 7.07. The number of hydrogen-bond acceptors (Lipinski definition) is 7. The normalized spacial score (nSPS) is 21.6. The van der Waals surface area contributed by atoms with Crippen LogP contribution in [-0.2, 0) is 4.74 Å². The second-order valence-electron chi connectivity index (χ2n) is 9.00. The molecular weight excluding hydrogens is 400 g/mol. The minimum atomic E-state index is 0.264. The summed E-state index contributed by atoms with van der Waals surface area (Å²) >= 11 is 0. The van der Waals surface area contributed by atoms with E-state index >= 15 is 0 Å². The van der Waals surface area contributed by atoms with E-state index in [0.717, 1.165) is 73.1 Å². The van der Waals surface area contributed by atoms with Crippen molar-refractivity contribution in [3.8, 4) is 11.3 Å². The topological polar surface area (TPSA) is 75.2 Å². The fourth-order valence-electron chi connectivity index (χ4n) is 4.62. The van der Waals surface area contributed by atoms with Gasteiger partial charge in [0.25, 0.3) is 0 Å². The van der Waals surface area contributed by atoms with Crippen molar-refractivity contribution in [2.75, 3.05) is 49.5 Å². The molecule has 0 radical (unpaired) electrons. The zero-order chi connectivity index (χ0) is 21.9. The summed E-state index contributed by atoms with van der Waals surface area (Å²) in [5.41, 5.74) is 5.86. The van der Waals surface area contributed by atoms with Crippen molar-refractivity contribution in [1.29, 1.82) is 0 Å². The summed E-state index contributed by atoms with van der Waals surface area (Å²) < 4.78 is 5.68. The van der Waals surface area contributed by atoms with E-state index in [2.05, 4.69) is 57.8 Å². The van der Waals surface area contributed by atoms with Crippen molar-refractivity contribution < 1.29 is 4.74 Å². The number of fused-ring (bicyclic) bond motifs is 1. The summed E-state index contributed by atoms with van der Waals surface area (Å²) in [6.45, 7) is 9.80. The van der Waals surface area contributed by atoms with Gasteiger partial charge in [0.05, 0.1) is 29.6 Å². The molecule has 0 aliphatic carbocycles. The molecule has 0 spiro atoms. The van der Waals surface area contributed by atoms with Crippen LogP contribution in [0.15, 0.2) is 36.5 Å². The molecule has 2 aromatic heterocycles. The number of piperidine rings is 1. The summed E-state index contributed by atoms with van der Waals surface area (Å²) in [6.07, 6.45) is 4.55. The average Bonchev–Trinajstić information content (AvgIpc) is 2.83. The minimum absolute atomic E-state index is 0.264. The lowest BCUT2D eigenvalue weighted by atomic mass is 10.00. The highest BCUT2D eigenvalue weighted by atomic mass is 16.5. The van der Waals surface area contributed by atoms with E-state index < -0.39 is 0 Å². The van der Waals surface area contributed by atoms with Crippen LogP contribution in [0.4, 0.5) is 11.5 Å². The van der Waals surface area contributed by atoms with Gasteiger partial charge in [-0.15, -0.1) is 0 Å². The predicted octanol–water partition coefficient (Wildman–Crippen LogP) is 3.64. The minimum Gasteiger partial charge on any atom is -0.375 e. The highest BCUT2D eigenvalue weighted by molar-refractivity contribution is 5.88. The monoisotopic (exact) mass is 432 g/mol. The van der Waals surface area contributed by atoms with E-state index in [1.54, 1.807) is 0 Å². The summed E-state index contributed by atoms with van der Waals surface area (Å²) in [4.78, 5) is 16.7. The van der Waals surface area contributed by atoms with E-state index in [1.807, 2.05) is 13.1 Å². The Morgan fingerprint density at radius 1 is 1.22 bits per heavy atom. The third-order valence-corrected chi connectivity index (χ3v) is 6.38. The van der Waals surface area contributed by atoms with Crippen LogP contribution in [0.2, 0.25) is 0 Å². The van der Waals surface area contributed by atoms with Crippen LogP contribution < -0.4 is 15.5 Å². The lowest BCUT2D eigenvalue weighted by Gasteiger charge is -2.33. The molecule has 2 aliphatic heterocycles. The lowest BCUT2D eigenvalue weighted by Crippen LogP contribution is -2.41. The largest absolute Gasteiger partial charge is 0.375 e. The first-order valence-corrected chi connectivity index (χ1v) is 11.7. The number of hydrogen-bond donors (Lipinski definition) is 2. The first-order chi connectivity index (χ1) is 15.7. The molecular formula is C25H32N6O. The number of nitrogens with zero attached hydrogens (tertiary/aromatic N) is 4. The van der Waals surface area contributed by atoms with Gasteiger partial charge < -0.3 is 20.3 Å². The van der Waals surface area contributed by atoms with Crippen molar-refractivity contribution in [3.05, 3.63) is 42.2 Å². The Balaban J connectivity index is 1.42. The molecule has 5 rings (SSSR count). The molecule has 2 saturated heterocycles. The molecule has 1 unspecified atom stereocenters. The SMILES string of the molecule is Cc1cnc2c(NC[C@@H]3CCCNC3)nc(-c3ccc(N4CCOC(C)C4)cc3)cc2n1. The summed E-state index contributed by atoms with van der Waals surface area (Å²) in [5.74, 6) is 1.43. The van der Waals surface area contributed by atoms with Crippen molar-refractivity contribution >= 4 is 22.5 Å². The van der Waals surface area contributed by atoms with Gasteiger partial charge in [-0.25, -0.2) is 15.0 Å². The van der Waals surface area contributed by atoms with Crippen LogP contribution in [0.25, 0.3) is 22.3 Å².